The molecule has 1 aliphatic heterocycles. The van der Waals surface area contributed by atoms with Gasteiger partial charge in [-0.25, -0.2) is 0 Å². The molecule has 0 radical (unpaired) electrons. The van der Waals surface area contributed by atoms with Crippen LogP contribution in [0.4, 0.5) is 0 Å². The zero-order chi connectivity index (χ0) is 19.3. The Kier molecular flexibility index (Phi) is 5.76. The van der Waals surface area contributed by atoms with E-state index in [1.165, 1.54) is 0 Å². The third-order valence-electron chi connectivity index (χ3n) is 5.27. The van der Waals surface area contributed by atoms with Gasteiger partial charge in [-0.05, 0) is 42.3 Å². The van der Waals surface area contributed by atoms with Crippen LogP contribution in [0.25, 0.3) is 6.08 Å². The number of thiophene rings is 1. The Bertz CT molecular complexity index is 848. The third kappa shape index (κ3) is 4.28. The summed E-state index contributed by atoms with van der Waals surface area (Å²) >= 11 is 1.61. The number of nitrogens with zero attached hydrogens (tertiary/aromatic N) is 1. The molecule has 0 spiro atoms. The first-order valence-electron chi connectivity index (χ1n) is 9.74. The molecule has 28 heavy (non-hydrogen) atoms. The fourth-order valence-electron chi connectivity index (χ4n) is 3.87. The standard InChI is InChI=1S/C22H24N2O3S/c25-21(23-14-17-9-6-12-28-17)15-24-18-10-4-5-11-19(18)27-20(22(24)26)13-16-7-2-1-3-8-16/h1-3,6-9,12-13,18-19H,4-5,10-11,14-15H2,(H,23,25)/b20-13+. The lowest BCUT2D eigenvalue weighted by atomic mass is 9.89. The molecule has 1 aromatic heterocycles. The fourth-order valence-corrected chi connectivity index (χ4v) is 4.52. The monoisotopic (exact) mass is 396 g/mol. The Hall–Kier alpha value is -2.60. The number of fused-ring (bicyclic) bond motifs is 1. The first kappa shape index (κ1) is 18.7. The van der Waals surface area contributed by atoms with E-state index in [2.05, 4.69) is 5.32 Å². The van der Waals surface area contributed by atoms with E-state index in [1.54, 1.807) is 22.3 Å². The van der Waals surface area contributed by atoms with E-state index < -0.39 is 0 Å². The van der Waals surface area contributed by atoms with Crippen molar-refractivity contribution in [2.24, 2.45) is 0 Å². The highest BCUT2D eigenvalue weighted by Gasteiger charge is 2.42. The normalized spacial score (nSPS) is 23.2. The molecule has 2 aliphatic rings. The largest absolute Gasteiger partial charge is 0.482 e. The number of carbonyl (C=O) groups is 2. The Morgan fingerprint density at radius 2 is 2.00 bits per heavy atom. The van der Waals surface area contributed by atoms with Crippen LogP contribution in [-0.4, -0.2) is 35.4 Å². The minimum absolute atomic E-state index is 0.0262. The van der Waals surface area contributed by atoms with Crippen LogP contribution in [0, 0.1) is 0 Å². The average molecular weight is 397 g/mol. The lowest BCUT2D eigenvalue weighted by Gasteiger charge is -2.44. The molecule has 5 nitrogen and oxygen atoms in total. The molecule has 2 aromatic rings. The van der Waals surface area contributed by atoms with Gasteiger partial charge in [0.2, 0.25) is 5.91 Å². The lowest BCUT2D eigenvalue weighted by Crippen LogP contribution is -2.57. The zero-order valence-corrected chi connectivity index (χ0v) is 16.5. The summed E-state index contributed by atoms with van der Waals surface area (Å²) < 4.78 is 6.08. The number of benzene rings is 1. The maximum atomic E-state index is 13.1. The number of ether oxygens (including phenoxy) is 1. The van der Waals surface area contributed by atoms with Crippen LogP contribution >= 0.6 is 11.3 Å². The maximum Gasteiger partial charge on any atom is 0.289 e. The molecule has 2 atom stereocenters. The van der Waals surface area contributed by atoms with Crippen LogP contribution in [0.5, 0.6) is 0 Å². The Labute approximate surface area is 169 Å². The van der Waals surface area contributed by atoms with Crippen LogP contribution in [0.1, 0.15) is 36.1 Å². The number of hydrogen-bond acceptors (Lipinski definition) is 4. The van der Waals surface area contributed by atoms with E-state index in [1.807, 2.05) is 47.8 Å². The lowest BCUT2D eigenvalue weighted by molar-refractivity contribution is -0.151. The van der Waals surface area contributed by atoms with Crippen molar-refractivity contribution >= 4 is 29.2 Å². The summed E-state index contributed by atoms with van der Waals surface area (Å²) in [4.78, 5) is 28.5. The van der Waals surface area contributed by atoms with E-state index in [0.29, 0.717) is 12.3 Å². The first-order valence-corrected chi connectivity index (χ1v) is 10.6. The molecule has 1 saturated heterocycles. The summed E-state index contributed by atoms with van der Waals surface area (Å²) in [6, 6.07) is 13.6. The summed E-state index contributed by atoms with van der Waals surface area (Å²) in [7, 11) is 0. The Morgan fingerprint density at radius 1 is 1.18 bits per heavy atom. The van der Waals surface area contributed by atoms with Gasteiger partial charge in [0.05, 0.1) is 12.6 Å². The molecule has 1 aromatic carbocycles. The predicted molar refractivity (Wildman–Crippen MR) is 109 cm³/mol. The molecule has 4 rings (SSSR count). The summed E-state index contributed by atoms with van der Waals surface area (Å²) in [5.74, 6) is 0.00529. The van der Waals surface area contributed by atoms with E-state index >= 15 is 0 Å². The van der Waals surface area contributed by atoms with Gasteiger partial charge in [-0.1, -0.05) is 42.8 Å². The topological polar surface area (TPSA) is 58.6 Å². The van der Waals surface area contributed by atoms with Gasteiger partial charge in [-0.15, -0.1) is 11.3 Å². The van der Waals surface area contributed by atoms with E-state index in [-0.39, 0.29) is 30.5 Å². The number of morpholine rings is 1. The van der Waals surface area contributed by atoms with Gasteiger partial charge in [0.1, 0.15) is 12.6 Å². The van der Waals surface area contributed by atoms with Crippen molar-refractivity contribution in [3.63, 3.8) is 0 Å². The number of rotatable bonds is 5. The zero-order valence-electron chi connectivity index (χ0n) is 15.7. The second-order valence-electron chi connectivity index (χ2n) is 7.22. The van der Waals surface area contributed by atoms with Gasteiger partial charge in [-0.3, -0.25) is 9.59 Å². The average Bonchev–Trinajstić information content (AvgIpc) is 3.24. The minimum Gasteiger partial charge on any atom is -0.482 e. The van der Waals surface area contributed by atoms with Crippen LogP contribution in [0.15, 0.2) is 53.6 Å². The van der Waals surface area contributed by atoms with Crippen LogP contribution < -0.4 is 5.32 Å². The van der Waals surface area contributed by atoms with Gasteiger partial charge < -0.3 is 15.0 Å². The Morgan fingerprint density at radius 3 is 2.79 bits per heavy atom. The van der Waals surface area contributed by atoms with Gasteiger partial charge in [0.15, 0.2) is 5.76 Å². The van der Waals surface area contributed by atoms with Gasteiger partial charge >= 0.3 is 0 Å². The molecular formula is C22H24N2O3S. The van der Waals surface area contributed by atoms with Crippen LogP contribution in [-0.2, 0) is 20.9 Å². The van der Waals surface area contributed by atoms with Crippen molar-refractivity contribution in [1.29, 1.82) is 0 Å². The highest BCUT2D eigenvalue weighted by Crippen LogP contribution is 2.33. The van der Waals surface area contributed by atoms with Crippen molar-refractivity contribution in [1.82, 2.24) is 10.2 Å². The van der Waals surface area contributed by atoms with E-state index in [9.17, 15) is 9.59 Å². The number of amides is 2. The summed E-state index contributed by atoms with van der Waals surface area (Å²) in [5, 5.41) is 4.92. The highest BCUT2D eigenvalue weighted by molar-refractivity contribution is 7.09. The molecular weight excluding hydrogens is 372 g/mol. The van der Waals surface area contributed by atoms with Crippen molar-refractivity contribution in [2.45, 2.75) is 44.4 Å². The van der Waals surface area contributed by atoms with Crippen molar-refractivity contribution in [3.05, 3.63) is 64.0 Å². The molecule has 0 bridgehead atoms. The number of hydrogen-bond donors (Lipinski definition) is 1. The molecule has 1 N–H and O–H groups in total. The molecule has 146 valence electrons. The van der Waals surface area contributed by atoms with Gasteiger partial charge in [0, 0.05) is 4.88 Å². The quantitative estimate of drug-likeness (QED) is 0.786. The summed E-state index contributed by atoms with van der Waals surface area (Å²) in [6.45, 7) is 0.566. The van der Waals surface area contributed by atoms with Crippen molar-refractivity contribution in [2.75, 3.05) is 6.54 Å². The van der Waals surface area contributed by atoms with Gasteiger partial charge in [0.25, 0.3) is 5.91 Å². The third-order valence-corrected chi connectivity index (χ3v) is 6.15. The smallest absolute Gasteiger partial charge is 0.289 e. The van der Waals surface area contributed by atoms with E-state index in [4.69, 9.17) is 4.74 Å². The molecule has 2 heterocycles. The summed E-state index contributed by atoms with van der Waals surface area (Å²) in [6.07, 6.45) is 5.69. The number of nitrogens with one attached hydrogen (secondary N) is 1. The van der Waals surface area contributed by atoms with Crippen molar-refractivity contribution < 1.29 is 14.3 Å². The minimum atomic E-state index is -0.196. The Balaban J connectivity index is 1.50. The predicted octanol–water partition coefficient (Wildman–Crippen LogP) is 3.58. The molecule has 2 amide bonds. The van der Waals surface area contributed by atoms with Crippen LogP contribution in [0.3, 0.4) is 0 Å². The fraction of sp³-hybridized carbons (Fsp3) is 0.364. The first-order chi connectivity index (χ1) is 13.7. The molecule has 1 saturated carbocycles. The van der Waals surface area contributed by atoms with Crippen LogP contribution in [0.2, 0.25) is 0 Å². The second kappa shape index (κ2) is 8.61. The molecule has 2 unspecified atom stereocenters. The number of carbonyl (C=O) groups excluding carboxylic acids is 2. The van der Waals surface area contributed by atoms with Gasteiger partial charge in [-0.2, -0.15) is 0 Å². The second-order valence-corrected chi connectivity index (χ2v) is 8.25. The molecule has 2 fully saturated rings. The maximum absolute atomic E-state index is 13.1. The highest BCUT2D eigenvalue weighted by atomic mass is 32.1. The SMILES string of the molecule is O=C(CN1C(=O)/C(=C\c2ccccc2)OC2CCCCC21)NCc1cccs1. The molecule has 6 heteroatoms. The molecule has 1 aliphatic carbocycles. The van der Waals surface area contributed by atoms with Crippen molar-refractivity contribution in [3.8, 4) is 0 Å². The van der Waals surface area contributed by atoms with E-state index in [0.717, 1.165) is 36.1 Å². The summed E-state index contributed by atoms with van der Waals surface area (Å²) in [5.41, 5.74) is 0.919.